The number of nitrogens with zero attached hydrogens (tertiary/aromatic N) is 1. The SMILES string of the molecule is O=C(O)[C@@H]1C[C@@](O)(c2ccccc2)CN1C(=O)O. The van der Waals surface area contributed by atoms with Crippen molar-refractivity contribution in [1.29, 1.82) is 0 Å². The number of carboxylic acids is 1. The van der Waals surface area contributed by atoms with Crippen molar-refractivity contribution < 1.29 is 24.9 Å². The van der Waals surface area contributed by atoms with Crippen LogP contribution < -0.4 is 0 Å². The lowest BCUT2D eigenvalue weighted by atomic mass is 9.91. The molecule has 0 unspecified atom stereocenters. The van der Waals surface area contributed by atoms with Gasteiger partial charge in [-0.1, -0.05) is 30.3 Å². The lowest BCUT2D eigenvalue weighted by molar-refractivity contribution is -0.141. The number of rotatable bonds is 2. The minimum absolute atomic E-state index is 0.140. The fourth-order valence-electron chi connectivity index (χ4n) is 2.27. The maximum absolute atomic E-state index is 11.0. The van der Waals surface area contributed by atoms with E-state index in [1.54, 1.807) is 30.3 Å². The number of carbonyl (C=O) groups is 2. The summed E-state index contributed by atoms with van der Waals surface area (Å²) >= 11 is 0. The van der Waals surface area contributed by atoms with Gasteiger partial charge in [-0.05, 0) is 5.56 Å². The van der Waals surface area contributed by atoms with Gasteiger partial charge in [-0.15, -0.1) is 0 Å². The molecule has 0 saturated carbocycles. The minimum atomic E-state index is -1.44. The molecule has 6 heteroatoms. The molecule has 18 heavy (non-hydrogen) atoms. The van der Waals surface area contributed by atoms with Crippen molar-refractivity contribution in [2.45, 2.75) is 18.1 Å². The average molecular weight is 251 g/mol. The first-order valence-corrected chi connectivity index (χ1v) is 5.44. The van der Waals surface area contributed by atoms with Gasteiger partial charge in [0.15, 0.2) is 0 Å². The highest BCUT2D eigenvalue weighted by Gasteiger charge is 2.49. The molecule has 1 aliphatic rings. The summed E-state index contributed by atoms with van der Waals surface area (Å²) in [4.78, 5) is 22.8. The first kappa shape index (κ1) is 12.4. The first-order valence-electron chi connectivity index (χ1n) is 5.44. The van der Waals surface area contributed by atoms with Crippen LogP contribution in [0.2, 0.25) is 0 Å². The summed E-state index contributed by atoms with van der Waals surface area (Å²) in [5.41, 5.74) is -0.914. The molecule has 1 heterocycles. The van der Waals surface area contributed by atoms with Crippen LogP contribution in [0.4, 0.5) is 4.79 Å². The van der Waals surface area contributed by atoms with Crippen molar-refractivity contribution in [1.82, 2.24) is 4.90 Å². The van der Waals surface area contributed by atoms with E-state index in [0.717, 1.165) is 4.90 Å². The predicted molar refractivity (Wildman–Crippen MR) is 61.1 cm³/mol. The summed E-state index contributed by atoms with van der Waals surface area (Å²) in [5.74, 6) is -1.25. The number of amides is 1. The molecular formula is C12H13NO5. The summed E-state index contributed by atoms with van der Waals surface area (Å²) in [6.45, 7) is -0.233. The average Bonchev–Trinajstić information content (AvgIpc) is 2.70. The minimum Gasteiger partial charge on any atom is -0.480 e. The molecule has 0 aliphatic carbocycles. The van der Waals surface area contributed by atoms with E-state index in [2.05, 4.69) is 0 Å². The molecule has 1 saturated heterocycles. The second kappa shape index (κ2) is 4.30. The zero-order valence-electron chi connectivity index (χ0n) is 9.48. The highest BCUT2D eigenvalue weighted by Crippen LogP contribution is 2.35. The number of carboxylic acid groups (broad SMARTS) is 2. The molecule has 0 radical (unpaired) electrons. The van der Waals surface area contributed by atoms with E-state index >= 15 is 0 Å². The topological polar surface area (TPSA) is 98.1 Å². The maximum atomic E-state index is 11.0. The second-order valence-corrected chi connectivity index (χ2v) is 4.37. The summed E-state index contributed by atoms with van der Waals surface area (Å²) in [5, 5.41) is 28.4. The van der Waals surface area contributed by atoms with Gasteiger partial charge in [-0.3, -0.25) is 4.90 Å². The molecule has 3 N–H and O–H groups in total. The van der Waals surface area contributed by atoms with E-state index in [9.17, 15) is 14.7 Å². The monoisotopic (exact) mass is 251 g/mol. The number of aliphatic carboxylic acids is 1. The predicted octanol–water partition coefficient (Wildman–Crippen LogP) is 0.711. The molecule has 0 aromatic heterocycles. The number of hydrogen-bond acceptors (Lipinski definition) is 3. The normalized spacial score (nSPS) is 27.2. The number of benzene rings is 1. The van der Waals surface area contributed by atoms with Gasteiger partial charge in [0.25, 0.3) is 0 Å². The third kappa shape index (κ3) is 2.02. The van der Waals surface area contributed by atoms with Crippen LogP contribution in [-0.2, 0) is 10.4 Å². The second-order valence-electron chi connectivity index (χ2n) is 4.37. The zero-order chi connectivity index (χ0) is 13.3. The quantitative estimate of drug-likeness (QED) is 0.719. The number of likely N-dealkylation sites (tertiary alicyclic amines) is 1. The highest BCUT2D eigenvalue weighted by atomic mass is 16.4. The fourth-order valence-corrected chi connectivity index (χ4v) is 2.27. The van der Waals surface area contributed by atoms with Gasteiger partial charge in [0.1, 0.15) is 11.6 Å². The van der Waals surface area contributed by atoms with Gasteiger partial charge in [0.05, 0.1) is 6.54 Å². The van der Waals surface area contributed by atoms with E-state index < -0.39 is 23.7 Å². The molecule has 2 atom stereocenters. The van der Waals surface area contributed by atoms with Crippen molar-refractivity contribution in [3.8, 4) is 0 Å². The van der Waals surface area contributed by atoms with Crippen LogP contribution in [-0.4, -0.2) is 44.9 Å². The van der Waals surface area contributed by atoms with Gasteiger partial charge in [0.2, 0.25) is 0 Å². The van der Waals surface area contributed by atoms with Crippen molar-refractivity contribution in [3.05, 3.63) is 35.9 Å². The van der Waals surface area contributed by atoms with Crippen LogP contribution in [0.25, 0.3) is 0 Å². The Bertz CT molecular complexity index is 451. The molecular weight excluding hydrogens is 238 g/mol. The van der Waals surface area contributed by atoms with E-state index in [4.69, 9.17) is 10.2 Å². The first-order chi connectivity index (χ1) is 8.44. The third-order valence-electron chi connectivity index (χ3n) is 3.18. The lowest BCUT2D eigenvalue weighted by Crippen LogP contribution is -2.40. The Morgan fingerprint density at radius 1 is 1.22 bits per heavy atom. The molecule has 1 aliphatic heterocycles. The van der Waals surface area contributed by atoms with Crippen molar-refractivity contribution in [2.75, 3.05) is 6.54 Å². The van der Waals surface area contributed by atoms with Crippen molar-refractivity contribution >= 4 is 12.1 Å². The molecule has 0 bridgehead atoms. The van der Waals surface area contributed by atoms with Gasteiger partial charge in [0, 0.05) is 6.42 Å². The number of β-amino-alcohol motifs (C(OH)–C–C–N with tert-alkyl or cyclic N) is 1. The number of hydrogen-bond donors (Lipinski definition) is 3. The molecule has 6 nitrogen and oxygen atoms in total. The Morgan fingerprint density at radius 3 is 2.28 bits per heavy atom. The van der Waals surface area contributed by atoms with E-state index in [-0.39, 0.29) is 13.0 Å². The third-order valence-corrected chi connectivity index (χ3v) is 3.18. The maximum Gasteiger partial charge on any atom is 0.408 e. The zero-order valence-corrected chi connectivity index (χ0v) is 9.48. The van der Waals surface area contributed by atoms with Gasteiger partial charge < -0.3 is 15.3 Å². The van der Waals surface area contributed by atoms with Crippen molar-refractivity contribution in [3.63, 3.8) is 0 Å². The summed E-state index contributed by atoms with van der Waals surface area (Å²) in [7, 11) is 0. The van der Waals surface area contributed by atoms with Crippen LogP contribution in [0.1, 0.15) is 12.0 Å². The molecule has 1 fully saturated rings. The van der Waals surface area contributed by atoms with Gasteiger partial charge in [-0.25, -0.2) is 9.59 Å². The molecule has 1 amide bonds. The Morgan fingerprint density at radius 2 is 1.83 bits per heavy atom. The van der Waals surface area contributed by atoms with Crippen LogP contribution in [0, 0.1) is 0 Å². The van der Waals surface area contributed by atoms with Crippen LogP contribution >= 0.6 is 0 Å². The van der Waals surface area contributed by atoms with E-state index in [1.165, 1.54) is 0 Å². The molecule has 96 valence electrons. The standard InChI is InChI=1S/C12H13NO5/c14-10(15)9-6-12(18,7-13(9)11(16)17)8-4-2-1-3-5-8/h1-5,9,18H,6-7H2,(H,14,15)(H,16,17)/t9-,12-/m0/s1. The van der Waals surface area contributed by atoms with Crippen LogP contribution in [0.5, 0.6) is 0 Å². The summed E-state index contributed by atoms with van der Waals surface area (Å²) < 4.78 is 0. The molecule has 2 rings (SSSR count). The molecule has 0 spiro atoms. The Labute approximate surface area is 103 Å². The summed E-state index contributed by atoms with van der Waals surface area (Å²) in [6, 6.07) is 7.30. The van der Waals surface area contributed by atoms with E-state index in [1.807, 2.05) is 0 Å². The fraction of sp³-hybridized carbons (Fsp3) is 0.333. The molecule has 1 aromatic carbocycles. The lowest BCUT2D eigenvalue weighted by Gasteiger charge is -2.22. The summed E-state index contributed by atoms with van der Waals surface area (Å²) in [6.07, 6.45) is -1.48. The Hall–Kier alpha value is -2.08. The van der Waals surface area contributed by atoms with Gasteiger partial charge >= 0.3 is 12.1 Å². The largest absolute Gasteiger partial charge is 0.480 e. The van der Waals surface area contributed by atoms with Crippen LogP contribution in [0.15, 0.2) is 30.3 Å². The Balaban J connectivity index is 2.33. The number of aliphatic hydroxyl groups is 1. The Kier molecular flexibility index (Phi) is 2.96. The highest BCUT2D eigenvalue weighted by molar-refractivity contribution is 5.80. The van der Waals surface area contributed by atoms with E-state index in [0.29, 0.717) is 5.56 Å². The smallest absolute Gasteiger partial charge is 0.408 e. The van der Waals surface area contributed by atoms with Gasteiger partial charge in [-0.2, -0.15) is 0 Å². The molecule has 1 aromatic rings. The van der Waals surface area contributed by atoms with Crippen molar-refractivity contribution in [2.24, 2.45) is 0 Å². The van der Waals surface area contributed by atoms with Crippen LogP contribution in [0.3, 0.4) is 0 Å².